The molecule has 0 saturated heterocycles. The SMILES string of the molecule is O=c1c2ccccc2sc2c(O)c(Cl)cc(O)c12. The van der Waals surface area contributed by atoms with Crippen molar-refractivity contribution in [3.05, 3.63) is 45.6 Å². The molecule has 0 aliphatic carbocycles. The summed E-state index contributed by atoms with van der Waals surface area (Å²) < 4.78 is 1.05. The van der Waals surface area contributed by atoms with Crippen molar-refractivity contribution < 1.29 is 10.2 Å². The molecule has 5 heteroatoms. The Balaban J connectivity index is 2.69. The largest absolute Gasteiger partial charge is 0.507 e. The lowest BCUT2D eigenvalue weighted by molar-refractivity contribution is 0.470. The first-order valence-corrected chi connectivity index (χ1v) is 6.35. The zero-order valence-electron chi connectivity index (χ0n) is 8.98. The number of rotatable bonds is 0. The van der Waals surface area contributed by atoms with Crippen LogP contribution in [-0.2, 0) is 0 Å². The predicted molar refractivity (Wildman–Crippen MR) is 73.9 cm³/mol. The van der Waals surface area contributed by atoms with Gasteiger partial charge in [-0.3, -0.25) is 4.79 Å². The van der Waals surface area contributed by atoms with Gasteiger partial charge in [-0.05, 0) is 12.1 Å². The van der Waals surface area contributed by atoms with Gasteiger partial charge in [-0.15, -0.1) is 11.3 Å². The quantitative estimate of drug-likeness (QED) is 0.489. The molecule has 0 bridgehead atoms. The molecule has 0 radical (unpaired) electrons. The van der Waals surface area contributed by atoms with Crippen molar-refractivity contribution in [3.63, 3.8) is 0 Å². The van der Waals surface area contributed by atoms with E-state index in [2.05, 4.69) is 0 Å². The van der Waals surface area contributed by atoms with Crippen molar-refractivity contribution in [2.45, 2.75) is 0 Å². The molecule has 0 spiro atoms. The highest BCUT2D eigenvalue weighted by molar-refractivity contribution is 7.25. The van der Waals surface area contributed by atoms with Crippen LogP contribution in [0.5, 0.6) is 11.5 Å². The molecular weight excluding hydrogens is 272 g/mol. The highest BCUT2D eigenvalue weighted by Gasteiger charge is 2.15. The molecule has 1 aromatic heterocycles. The summed E-state index contributed by atoms with van der Waals surface area (Å²) in [6.07, 6.45) is 0. The summed E-state index contributed by atoms with van der Waals surface area (Å²) in [5.41, 5.74) is -0.302. The first-order valence-electron chi connectivity index (χ1n) is 5.15. The van der Waals surface area contributed by atoms with Gasteiger partial charge < -0.3 is 10.2 Å². The van der Waals surface area contributed by atoms with Gasteiger partial charge in [0.15, 0.2) is 11.2 Å². The number of aromatic hydroxyl groups is 2. The van der Waals surface area contributed by atoms with E-state index in [0.29, 0.717) is 10.1 Å². The van der Waals surface area contributed by atoms with Gasteiger partial charge in [-0.1, -0.05) is 23.7 Å². The topological polar surface area (TPSA) is 57.5 Å². The van der Waals surface area contributed by atoms with E-state index in [9.17, 15) is 15.0 Å². The van der Waals surface area contributed by atoms with Crippen LogP contribution < -0.4 is 5.43 Å². The van der Waals surface area contributed by atoms with Gasteiger partial charge in [-0.2, -0.15) is 0 Å². The van der Waals surface area contributed by atoms with E-state index in [1.165, 1.54) is 17.4 Å². The Labute approximate surface area is 110 Å². The molecule has 0 saturated carbocycles. The van der Waals surface area contributed by atoms with E-state index >= 15 is 0 Å². The summed E-state index contributed by atoms with van der Waals surface area (Å²) in [6, 6.07) is 8.24. The standard InChI is InChI=1S/C13H7ClO3S/c14-7-5-8(15)10-11(16)6-3-1-2-4-9(6)18-13(10)12(7)17/h1-5,15,17H. The molecular formula is C13H7ClO3S. The summed E-state index contributed by atoms with van der Waals surface area (Å²) in [5.74, 6) is -0.378. The molecule has 90 valence electrons. The Morgan fingerprint density at radius 1 is 1.17 bits per heavy atom. The number of halogens is 1. The van der Waals surface area contributed by atoms with Crippen LogP contribution >= 0.6 is 22.9 Å². The lowest BCUT2D eigenvalue weighted by Crippen LogP contribution is -2.01. The first kappa shape index (κ1) is 11.3. The summed E-state index contributed by atoms with van der Waals surface area (Å²) in [5, 5.41) is 20.4. The van der Waals surface area contributed by atoms with Crippen LogP contribution in [0.2, 0.25) is 5.02 Å². The van der Waals surface area contributed by atoms with Gasteiger partial charge in [0, 0.05) is 16.2 Å². The van der Waals surface area contributed by atoms with Crippen molar-refractivity contribution in [2.24, 2.45) is 0 Å². The van der Waals surface area contributed by atoms with Gasteiger partial charge in [0.05, 0.1) is 15.1 Å². The molecule has 0 amide bonds. The molecule has 2 N–H and O–H groups in total. The van der Waals surface area contributed by atoms with Crippen LogP contribution in [0.3, 0.4) is 0 Å². The highest BCUT2D eigenvalue weighted by atomic mass is 35.5. The second-order valence-electron chi connectivity index (χ2n) is 3.86. The fourth-order valence-electron chi connectivity index (χ4n) is 1.91. The summed E-state index contributed by atoms with van der Waals surface area (Å²) in [7, 11) is 0. The van der Waals surface area contributed by atoms with E-state index < -0.39 is 0 Å². The fraction of sp³-hybridized carbons (Fsp3) is 0. The maximum atomic E-state index is 12.3. The number of phenols is 2. The molecule has 1 heterocycles. The number of hydrogen-bond donors (Lipinski definition) is 2. The molecule has 2 aromatic carbocycles. The molecule has 3 nitrogen and oxygen atoms in total. The molecule has 3 rings (SSSR count). The number of benzene rings is 2. The zero-order valence-corrected chi connectivity index (χ0v) is 10.5. The Hall–Kier alpha value is -1.78. The Bertz CT molecular complexity index is 839. The van der Waals surface area contributed by atoms with E-state index in [1.807, 2.05) is 6.07 Å². The predicted octanol–water partition coefficient (Wildman–Crippen LogP) is 3.48. The van der Waals surface area contributed by atoms with Crippen LogP contribution in [0.25, 0.3) is 20.2 Å². The van der Waals surface area contributed by atoms with Gasteiger partial charge in [0.1, 0.15) is 5.75 Å². The summed E-state index contributed by atoms with van der Waals surface area (Å²) >= 11 is 7.02. The average Bonchev–Trinajstić information content (AvgIpc) is 2.36. The number of fused-ring (bicyclic) bond motifs is 2. The van der Waals surface area contributed by atoms with Crippen LogP contribution in [0.1, 0.15) is 0 Å². The van der Waals surface area contributed by atoms with E-state index in [0.717, 1.165) is 4.70 Å². The monoisotopic (exact) mass is 278 g/mol. The second-order valence-corrected chi connectivity index (χ2v) is 5.32. The second kappa shape index (κ2) is 3.86. The molecule has 0 aliphatic rings. The van der Waals surface area contributed by atoms with E-state index in [4.69, 9.17) is 11.6 Å². The maximum Gasteiger partial charge on any atom is 0.199 e. The normalized spacial score (nSPS) is 11.2. The van der Waals surface area contributed by atoms with Crippen molar-refractivity contribution in [3.8, 4) is 11.5 Å². The third kappa shape index (κ3) is 1.46. The van der Waals surface area contributed by atoms with E-state index in [1.54, 1.807) is 18.2 Å². The third-order valence-electron chi connectivity index (χ3n) is 2.76. The number of phenolic OH excluding ortho intramolecular Hbond substituents is 2. The maximum absolute atomic E-state index is 12.3. The molecule has 0 atom stereocenters. The minimum absolute atomic E-state index is 0.0333. The molecule has 0 fully saturated rings. The van der Waals surface area contributed by atoms with Crippen LogP contribution in [0.4, 0.5) is 0 Å². The zero-order chi connectivity index (χ0) is 12.9. The summed E-state index contributed by atoms with van der Waals surface area (Å²) in [6.45, 7) is 0. The minimum Gasteiger partial charge on any atom is -0.507 e. The smallest absolute Gasteiger partial charge is 0.199 e. The van der Waals surface area contributed by atoms with Crippen molar-refractivity contribution in [1.82, 2.24) is 0 Å². The summed E-state index contributed by atoms with van der Waals surface area (Å²) in [4.78, 5) is 12.3. The van der Waals surface area contributed by atoms with Gasteiger partial charge in [0.25, 0.3) is 0 Å². The van der Waals surface area contributed by atoms with Gasteiger partial charge >= 0.3 is 0 Å². The molecule has 18 heavy (non-hydrogen) atoms. The van der Waals surface area contributed by atoms with Crippen molar-refractivity contribution >= 4 is 43.1 Å². The Morgan fingerprint density at radius 3 is 2.67 bits per heavy atom. The molecule has 0 unspecified atom stereocenters. The third-order valence-corrected chi connectivity index (χ3v) is 4.22. The average molecular weight is 279 g/mol. The van der Waals surface area contributed by atoms with Crippen molar-refractivity contribution in [2.75, 3.05) is 0 Å². The lowest BCUT2D eigenvalue weighted by Gasteiger charge is -2.06. The minimum atomic E-state index is -0.302. The number of hydrogen-bond acceptors (Lipinski definition) is 4. The highest BCUT2D eigenvalue weighted by Crippen LogP contribution is 2.40. The van der Waals surface area contributed by atoms with E-state index in [-0.39, 0.29) is 27.3 Å². The van der Waals surface area contributed by atoms with Crippen LogP contribution in [0, 0.1) is 0 Å². The Morgan fingerprint density at radius 2 is 1.89 bits per heavy atom. The molecule has 0 aliphatic heterocycles. The van der Waals surface area contributed by atoms with Gasteiger partial charge in [0.2, 0.25) is 0 Å². The van der Waals surface area contributed by atoms with Gasteiger partial charge in [-0.25, -0.2) is 0 Å². The fourth-order valence-corrected chi connectivity index (χ4v) is 3.31. The van der Waals surface area contributed by atoms with Crippen molar-refractivity contribution in [1.29, 1.82) is 0 Å². The Kier molecular flexibility index (Phi) is 2.43. The lowest BCUT2D eigenvalue weighted by atomic mass is 10.1. The molecule has 3 aromatic rings. The van der Waals surface area contributed by atoms with Crippen LogP contribution in [-0.4, -0.2) is 10.2 Å². The van der Waals surface area contributed by atoms with Crippen LogP contribution in [0.15, 0.2) is 35.1 Å². The first-order chi connectivity index (χ1) is 8.59.